The monoisotopic (exact) mass is 394 g/mol. The Morgan fingerprint density at radius 3 is 2.46 bits per heavy atom. The molecule has 0 bridgehead atoms. The van der Waals surface area contributed by atoms with Gasteiger partial charge in [0.2, 0.25) is 0 Å². The lowest BCUT2D eigenvalue weighted by Crippen LogP contribution is -2.35. The summed E-state index contributed by atoms with van der Waals surface area (Å²) in [5.74, 6) is 0. The molecule has 2 aromatic carbocycles. The Balaban J connectivity index is 1.69. The molecule has 0 radical (unpaired) electrons. The highest BCUT2D eigenvalue weighted by molar-refractivity contribution is 7.80. The van der Waals surface area contributed by atoms with Crippen LogP contribution in [0.15, 0.2) is 66.9 Å². The number of nitrogens with one attached hydrogen (secondary N) is 2. The van der Waals surface area contributed by atoms with Gasteiger partial charge in [-0.3, -0.25) is 0 Å². The zero-order valence-electron chi connectivity index (χ0n) is 16.1. The first-order valence-electron chi connectivity index (χ1n) is 9.56. The summed E-state index contributed by atoms with van der Waals surface area (Å²) < 4.78 is 7.25. The predicted octanol–water partition coefficient (Wildman–Crippen LogP) is 3.93. The summed E-state index contributed by atoms with van der Waals surface area (Å²) >= 11 is 5.40. The summed E-state index contributed by atoms with van der Waals surface area (Å²) in [6.07, 6.45) is 2.99. The summed E-state index contributed by atoms with van der Waals surface area (Å²) in [5.41, 5.74) is 4.16. The van der Waals surface area contributed by atoms with Crippen LogP contribution in [-0.2, 0) is 11.3 Å². The van der Waals surface area contributed by atoms with E-state index in [-0.39, 0.29) is 0 Å². The van der Waals surface area contributed by atoms with E-state index in [1.807, 2.05) is 60.1 Å². The molecule has 3 rings (SSSR count). The quantitative estimate of drug-likeness (QED) is 0.425. The summed E-state index contributed by atoms with van der Waals surface area (Å²) in [6, 6.07) is 20.3. The smallest absolute Gasteiger partial charge is 0.166 e. The fourth-order valence-electron chi connectivity index (χ4n) is 2.85. The fourth-order valence-corrected chi connectivity index (χ4v) is 3.02. The van der Waals surface area contributed by atoms with Gasteiger partial charge < -0.3 is 15.4 Å². The minimum Gasteiger partial charge on any atom is -0.382 e. The van der Waals surface area contributed by atoms with Crippen LogP contribution >= 0.6 is 12.2 Å². The van der Waals surface area contributed by atoms with E-state index in [1.165, 1.54) is 0 Å². The van der Waals surface area contributed by atoms with Gasteiger partial charge in [0.1, 0.15) is 0 Å². The average molecular weight is 395 g/mol. The Morgan fingerprint density at radius 1 is 1.04 bits per heavy atom. The molecule has 0 spiro atoms. The third-order valence-corrected chi connectivity index (χ3v) is 4.54. The highest BCUT2D eigenvalue weighted by atomic mass is 32.1. The van der Waals surface area contributed by atoms with Crippen molar-refractivity contribution in [3.63, 3.8) is 0 Å². The molecule has 0 fully saturated rings. The molecular formula is C22H26N4OS. The molecule has 2 N–H and O–H groups in total. The van der Waals surface area contributed by atoms with Crippen molar-refractivity contribution in [3.05, 3.63) is 72.4 Å². The summed E-state index contributed by atoms with van der Waals surface area (Å²) in [7, 11) is 0. The number of rotatable bonds is 9. The van der Waals surface area contributed by atoms with Gasteiger partial charge >= 0.3 is 0 Å². The van der Waals surface area contributed by atoms with Gasteiger partial charge in [0.25, 0.3) is 0 Å². The van der Waals surface area contributed by atoms with E-state index in [4.69, 9.17) is 22.1 Å². The van der Waals surface area contributed by atoms with Crippen molar-refractivity contribution in [2.75, 3.05) is 19.8 Å². The SMILES string of the molecule is CCOCCCNC(=S)NCc1cn(-c2ccccc2)nc1-c1ccccc1. The van der Waals surface area contributed by atoms with Crippen LogP contribution in [-0.4, -0.2) is 34.7 Å². The Bertz CT molecular complexity index is 865. The third-order valence-electron chi connectivity index (χ3n) is 4.25. The molecule has 0 aliphatic rings. The first kappa shape index (κ1) is 20.0. The second kappa shape index (κ2) is 10.6. The Labute approximate surface area is 171 Å². The molecule has 0 atom stereocenters. The first-order valence-corrected chi connectivity index (χ1v) is 9.97. The number of para-hydroxylation sites is 1. The molecule has 0 amide bonds. The van der Waals surface area contributed by atoms with E-state index >= 15 is 0 Å². The van der Waals surface area contributed by atoms with Crippen LogP contribution < -0.4 is 10.6 Å². The molecular weight excluding hydrogens is 368 g/mol. The standard InChI is InChI=1S/C22H26N4OS/c1-2-27-15-9-14-23-22(28)24-16-19-17-26(20-12-7-4-8-13-20)25-21(19)18-10-5-3-6-11-18/h3-8,10-13,17H,2,9,14-16H2,1H3,(H2,23,24,28). The van der Waals surface area contributed by atoms with Crippen LogP contribution in [0.4, 0.5) is 0 Å². The zero-order chi connectivity index (χ0) is 19.6. The molecule has 0 aliphatic heterocycles. The molecule has 0 saturated heterocycles. The van der Waals surface area contributed by atoms with Crippen molar-refractivity contribution in [2.24, 2.45) is 0 Å². The van der Waals surface area contributed by atoms with E-state index in [0.717, 1.165) is 48.7 Å². The summed E-state index contributed by atoms with van der Waals surface area (Å²) in [5, 5.41) is 12.0. The lowest BCUT2D eigenvalue weighted by atomic mass is 10.1. The summed E-state index contributed by atoms with van der Waals surface area (Å²) in [4.78, 5) is 0. The number of aromatic nitrogens is 2. The van der Waals surface area contributed by atoms with Gasteiger partial charge in [-0.1, -0.05) is 48.5 Å². The Kier molecular flexibility index (Phi) is 7.58. The number of nitrogens with zero attached hydrogens (tertiary/aromatic N) is 2. The van der Waals surface area contributed by atoms with Gasteiger partial charge in [-0.05, 0) is 37.7 Å². The topological polar surface area (TPSA) is 51.1 Å². The lowest BCUT2D eigenvalue weighted by molar-refractivity contribution is 0.145. The Hall–Kier alpha value is -2.70. The number of benzene rings is 2. The van der Waals surface area contributed by atoms with Crippen LogP contribution in [0.2, 0.25) is 0 Å². The number of ether oxygens (including phenoxy) is 1. The predicted molar refractivity (Wildman–Crippen MR) is 118 cm³/mol. The highest BCUT2D eigenvalue weighted by Crippen LogP contribution is 2.23. The molecule has 0 saturated carbocycles. The second-order valence-corrected chi connectivity index (χ2v) is 6.72. The van der Waals surface area contributed by atoms with E-state index < -0.39 is 0 Å². The molecule has 28 heavy (non-hydrogen) atoms. The highest BCUT2D eigenvalue weighted by Gasteiger charge is 2.12. The number of hydrogen-bond acceptors (Lipinski definition) is 3. The maximum Gasteiger partial charge on any atom is 0.166 e. The largest absolute Gasteiger partial charge is 0.382 e. The maximum atomic E-state index is 5.40. The normalized spacial score (nSPS) is 10.6. The van der Waals surface area contributed by atoms with Crippen molar-refractivity contribution in [2.45, 2.75) is 19.9 Å². The molecule has 1 heterocycles. The zero-order valence-corrected chi connectivity index (χ0v) is 16.9. The minimum absolute atomic E-state index is 0.606. The van der Waals surface area contributed by atoms with E-state index in [2.05, 4.69) is 29.0 Å². The van der Waals surface area contributed by atoms with E-state index in [0.29, 0.717) is 11.7 Å². The van der Waals surface area contributed by atoms with E-state index in [9.17, 15) is 0 Å². The molecule has 3 aromatic rings. The lowest BCUT2D eigenvalue weighted by Gasteiger charge is -2.10. The average Bonchev–Trinajstić information content (AvgIpc) is 3.18. The molecule has 0 unspecified atom stereocenters. The Morgan fingerprint density at radius 2 is 1.75 bits per heavy atom. The third kappa shape index (κ3) is 5.65. The van der Waals surface area contributed by atoms with Crippen molar-refractivity contribution in [3.8, 4) is 16.9 Å². The van der Waals surface area contributed by atoms with E-state index in [1.54, 1.807) is 0 Å². The van der Waals surface area contributed by atoms with Crippen molar-refractivity contribution in [1.82, 2.24) is 20.4 Å². The van der Waals surface area contributed by atoms with Crippen LogP contribution in [0.5, 0.6) is 0 Å². The van der Waals surface area contributed by atoms with Gasteiger partial charge in [-0.25, -0.2) is 4.68 Å². The van der Waals surface area contributed by atoms with Crippen molar-refractivity contribution >= 4 is 17.3 Å². The van der Waals surface area contributed by atoms with Gasteiger partial charge in [-0.15, -0.1) is 0 Å². The molecule has 0 aliphatic carbocycles. The minimum atomic E-state index is 0.606. The number of thiocarbonyl (C=S) groups is 1. The molecule has 1 aromatic heterocycles. The molecule has 5 nitrogen and oxygen atoms in total. The van der Waals surface area contributed by atoms with Crippen molar-refractivity contribution in [1.29, 1.82) is 0 Å². The molecule has 6 heteroatoms. The van der Waals surface area contributed by atoms with Crippen molar-refractivity contribution < 1.29 is 4.74 Å². The van der Waals surface area contributed by atoms with Gasteiger partial charge in [0.15, 0.2) is 5.11 Å². The van der Waals surface area contributed by atoms with Crippen LogP contribution in [0.25, 0.3) is 16.9 Å². The second-order valence-electron chi connectivity index (χ2n) is 6.31. The first-order chi connectivity index (χ1) is 13.8. The van der Waals surface area contributed by atoms with Gasteiger partial charge in [-0.2, -0.15) is 5.10 Å². The number of hydrogen-bond donors (Lipinski definition) is 2. The summed E-state index contributed by atoms with van der Waals surface area (Å²) in [6.45, 7) is 4.89. The van der Waals surface area contributed by atoms with Gasteiger partial charge in [0.05, 0.1) is 11.4 Å². The van der Waals surface area contributed by atoms with Crippen LogP contribution in [0.3, 0.4) is 0 Å². The van der Waals surface area contributed by atoms with Gasteiger partial charge in [0, 0.05) is 43.6 Å². The maximum absolute atomic E-state index is 5.40. The van der Waals surface area contributed by atoms with Crippen LogP contribution in [0, 0.1) is 0 Å². The molecule has 146 valence electrons. The fraction of sp³-hybridized carbons (Fsp3) is 0.273. The van der Waals surface area contributed by atoms with Crippen LogP contribution in [0.1, 0.15) is 18.9 Å².